The lowest BCUT2D eigenvalue weighted by Gasteiger charge is -2.31. The minimum Gasteiger partial charge on any atom is -0.392 e. The number of nitrogens with zero attached hydrogens (tertiary/aromatic N) is 1. The number of carbonyl (C=O) groups is 3. The third-order valence-electron chi connectivity index (χ3n) is 2.94. The van der Waals surface area contributed by atoms with E-state index in [1.165, 1.54) is 4.90 Å². The fourth-order valence-corrected chi connectivity index (χ4v) is 2.04. The summed E-state index contributed by atoms with van der Waals surface area (Å²) in [5.74, 6) is -1.76. The molecule has 0 bridgehead atoms. The average molecular weight is 286 g/mol. The second kappa shape index (κ2) is 7.03. The fourth-order valence-electron chi connectivity index (χ4n) is 1.97. The maximum atomic E-state index is 11.9. The van der Waals surface area contributed by atoms with Crippen molar-refractivity contribution in [2.45, 2.75) is 12.8 Å². The Balaban J connectivity index is 2.54. The van der Waals surface area contributed by atoms with E-state index in [4.69, 9.17) is 5.73 Å². The number of nitrogens with two attached hydrogens (primary N) is 1. The van der Waals surface area contributed by atoms with E-state index in [2.05, 4.69) is 22.9 Å². The zero-order chi connectivity index (χ0) is 14.4. The number of hydrogen-bond acceptors (Lipinski definition) is 4. The number of piperidine rings is 1. The van der Waals surface area contributed by atoms with Crippen molar-refractivity contribution >= 4 is 34.9 Å². The first-order valence-corrected chi connectivity index (χ1v) is 6.43. The number of carbonyl (C=O) groups excluding carboxylic acids is 3. The largest absolute Gasteiger partial charge is 0.392 e. The lowest BCUT2D eigenvalue weighted by Crippen LogP contribution is -2.50. The monoisotopic (exact) mass is 286 g/mol. The number of amides is 3. The third kappa shape index (κ3) is 4.47. The van der Waals surface area contributed by atoms with Crippen molar-refractivity contribution in [3.8, 4) is 0 Å². The molecule has 8 heteroatoms. The number of likely N-dealkylation sites (tertiary alicyclic amines) is 1. The summed E-state index contributed by atoms with van der Waals surface area (Å²) in [5.41, 5.74) is 5.24. The molecule has 1 saturated heterocycles. The van der Waals surface area contributed by atoms with E-state index in [1.807, 2.05) is 0 Å². The Morgan fingerprint density at radius 2 is 2.11 bits per heavy atom. The van der Waals surface area contributed by atoms with E-state index in [-0.39, 0.29) is 29.9 Å². The van der Waals surface area contributed by atoms with Crippen LogP contribution in [0.4, 0.5) is 0 Å². The summed E-state index contributed by atoms with van der Waals surface area (Å²) >= 11 is 4.61. The Morgan fingerprint density at radius 3 is 2.68 bits per heavy atom. The standard InChI is InChI=1S/C11H18N4O3S/c1-13-9(16)7-3-2-4-15(6-7)11(18)10(17)14-5-8(12)19/h7H,2-6H2,1H3,(H2,12,19)(H,13,16)(H,14,17). The predicted molar refractivity (Wildman–Crippen MR) is 73.2 cm³/mol. The van der Waals surface area contributed by atoms with Crippen LogP contribution in [0.5, 0.6) is 0 Å². The molecule has 0 aromatic rings. The smallest absolute Gasteiger partial charge is 0.311 e. The van der Waals surface area contributed by atoms with Gasteiger partial charge in [0.05, 0.1) is 17.5 Å². The van der Waals surface area contributed by atoms with Gasteiger partial charge in [-0.3, -0.25) is 14.4 Å². The van der Waals surface area contributed by atoms with E-state index in [0.717, 1.165) is 6.42 Å². The normalized spacial score (nSPS) is 18.6. The van der Waals surface area contributed by atoms with Crippen molar-refractivity contribution in [2.75, 3.05) is 26.7 Å². The Hall–Kier alpha value is -1.70. The molecule has 4 N–H and O–H groups in total. The Morgan fingerprint density at radius 1 is 1.42 bits per heavy atom. The lowest BCUT2D eigenvalue weighted by molar-refractivity contribution is -0.147. The molecule has 1 fully saturated rings. The molecule has 1 atom stereocenters. The molecule has 1 heterocycles. The summed E-state index contributed by atoms with van der Waals surface area (Å²) in [6.45, 7) is 0.735. The Labute approximate surface area is 116 Å². The highest BCUT2D eigenvalue weighted by Gasteiger charge is 2.30. The van der Waals surface area contributed by atoms with Gasteiger partial charge >= 0.3 is 11.8 Å². The van der Waals surface area contributed by atoms with E-state index in [1.54, 1.807) is 7.05 Å². The molecule has 7 nitrogen and oxygen atoms in total. The van der Waals surface area contributed by atoms with Crippen LogP contribution in [-0.2, 0) is 14.4 Å². The predicted octanol–water partition coefficient (Wildman–Crippen LogP) is -1.63. The van der Waals surface area contributed by atoms with Crippen molar-refractivity contribution in [2.24, 2.45) is 11.7 Å². The first kappa shape index (κ1) is 15.4. The van der Waals surface area contributed by atoms with Crippen molar-refractivity contribution in [3.63, 3.8) is 0 Å². The highest BCUT2D eigenvalue weighted by Crippen LogP contribution is 2.16. The SMILES string of the molecule is CNC(=O)C1CCCN(C(=O)C(=O)NCC(N)=S)C1. The van der Waals surface area contributed by atoms with Gasteiger partial charge in [-0.15, -0.1) is 0 Å². The molecule has 106 valence electrons. The number of nitrogens with one attached hydrogen (secondary N) is 2. The second-order valence-corrected chi connectivity index (χ2v) is 4.88. The van der Waals surface area contributed by atoms with Gasteiger partial charge in [-0.25, -0.2) is 0 Å². The molecule has 0 aromatic heterocycles. The summed E-state index contributed by atoms with van der Waals surface area (Å²) in [5, 5.41) is 4.89. The Bertz CT molecular complexity index is 399. The molecule has 1 aliphatic heterocycles. The van der Waals surface area contributed by atoms with Crippen LogP contribution in [0.15, 0.2) is 0 Å². The molecule has 1 rings (SSSR count). The van der Waals surface area contributed by atoms with Gasteiger partial charge < -0.3 is 21.3 Å². The van der Waals surface area contributed by atoms with E-state index in [9.17, 15) is 14.4 Å². The van der Waals surface area contributed by atoms with E-state index >= 15 is 0 Å². The highest BCUT2D eigenvalue weighted by atomic mass is 32.1. The molecular weight excluding hydrogens is 268 g/mol. The second-order valence-electron chi connectivity index (χ2n) is 4.35. The van der Waals surface area contributed by atoms with E-state index in [0.29, 0.717) is 13.0 Å². The van der Waals surface area contributed by atoms with Crippen molar-refractivity contribution in [1.82, 2.24) is 15.5 Å². The molecular formula is C11H18N4O3S. The number of thiocarbonyl (C=S) groups is 1. The molecule has 0 spiro atoms. The van der Waals surface area contributed by atoms with Crippen molar-refractivity contribution in [1.29, 1.82) is 0 Å². The van der Waals surface area contributed by atoms with Gasteiger partial charge in [0.25, 0.3) is 0 Å². The van der Waals surface area contributed by atoms with Crippen LogP contribution in [-0.4, -0.2) is 54.3 Å². The molecule has 1 unspecified atom stereocenters. The van der Waals surface area contributed by atoms with E-state index < -0.39 is 11.8 Å². The zero-order valence-electron chi connectivity index (χ0n) is 10.8. The van der Waals surface area contributed by atoms with Gasteiger partial charge in [-0.1, -0.05) is 12.2 Å². The summed E-state index contributed by atoms with van der Waals surface area (Å²) in [4.78, 5) is 36.5. The summed E-state index contributed by atoms with van der Waals surface area (Å²) in [6, 6.07) is 0. The minimum atomic E-state index is -0.745. The van der Waals surface area contributed by atoms with Crippen LogP contribution in [0.1, 0.15) is 12.8 Å². The first-order chi connectivity index (χ1) is 8.95. The molecule has 3 amide bonds. The van der Waals surface area contributed by atoms with Gasteiger partial charge in [0.2, 0.25) is 5.91 Å². The van der Waals surface area contributed by atoms with Gasteiger partial charge in [-0.2, -0.15) is 0 Å². The zero-order valence-corrected chi connectivity index (χ0v) is 11.6. The van der Waals surface area contributed by atoms with Gasteiger partial charge in [-0.05, 0) is 12.8 Å². The Kier molecular flexibility index (Phi) is 5.68. The van der Waals surface area contributed by atoms with Gasteiger partial charge in [0.1, 0.15) is 0 Å². The molecule has 19 heavy (non-hydrogen) atoms. The van der Waals surface area contributed by atoms with Crippen molar-refractivity contribution in [3.05, 3.63) is 0 Å². The van der Waals surface area contributed by atoms with Gasteiger partial charge in [0.15, 0.2) is 0 Å². The minimum absolute atomic E-state index is 0.00732. The van der Waals surface area contributed by atoms with Crippen LogP contribution < -0.4 is 16.4 Å². The molecule has 0 aromatic carbocycles. The summed E-state index contributed by atoms with van der Waals surface area (Å²) < 4.78 is 0. The van der Waals surface area contributed by atoms with Crippen molar-refractivity contribution < 1.29 is 14.4 Å². The third-order valence-corrected chi connectivity index (χ3v) is 3.09. The first-order valence-electron chi connectivity index (χ1n) is 6.02. The van der Waals surface area contributed by atoms with Crippen LogP contribution in [0, 0.1) is 5.92 Å². The van der Waals surface area contributed by atoms with Crippen LogP contribution in [0.25, 0.3) is 0 Å². The van der Waals surface area contributed by atoms with Gasteiger partial charge in [0, 0.05) is 20.1 Å². The lowest BCUT2D eigenvalue weighted by atomic mass is 9.97. The molecule has 0 radical (unpaired) electrons. The summed E-state index contributed by atoms with van der Waals surface area (Å²) in [6.07, 6.45) is 1.42. The molecule has 0 saturated carbocycles. The fraction of sp³-hybridized carbons (Fsp3) is 0.636. The quantitative estimate of drug-likeness (QED) is 0.427. The highest BCUT2D eigenvalue weighted by molar-refractivity contribution is 7.80. The maximum absolute atomic E-state index is 11.9. The van der Waals surface area contributed by atoms with Crippen LogP contribution in [0.3, 0.4) is 0 Å². The topological polar surface area (TPSA) is 105 Å². The summed E-state index contributed by atoms with van der Waals surface area (Å²) in [7, 11) is 1.55. The number of rotatable bonds is 3. The average Bonchev–Trinajstić information content (AvgIpc) is 2.43. The number of hydrogen-bond donors (Lipinski definition) is 3. The maximum Gasteiger partial charge on any atom is 0.311 e. The molecule has 1 aliphatic rings. The molecule has 0 aliphatic carbocycles. The van der Waals surface area contributed by atoms with Crippen LogP contribution >= 0.6 is 12.2 Å². The van der Waals surface area contributed by atoms with Crippen LogP contribution in [0.2, 0.25) is 0 Å².